The number of rotatable bonds is 6. The van der Waals surface area contributed by atoms with Crippen LogP contribution in [0.1, 0.15) is 37.9 Å². The van der Waals surface area contributed by atoms with Crippen molar-refractivity contribution < 1.29 is 4.74 Å². The van der Waals surface area contributed by atoms with Crippen LogP contribution >= 0.6 is 0 Å². The molecule has 1 unspecified atom stereocenters. The van der Waals surface area contributed by atoms with Crippen LogP contribution in [0.15, 0.2) is 54.6 Å². The van der Waals surface area contributed by atoms with Crippen LogP contribution in [-0.4, -0.2) is 6.10 Å². The lowest BCUT2D eigenvalue weighted by Gasteiger charge is -2.16. The second kappa shape index (κ2) is 7.11. The molecule has 0 spiro atoms. The van der Waals surface area contributed by atoms with Gasteiger partial charge in [0, 0.05) is 12.6 Å². The Bertz CT molecular complexity index is 522. The van der Waals surface area contributed by atoms with Crippen molar-refractivity contribution in [2.45, 2.75) is 39.5 Å². The van der Waals surface area contributed by atoms with E-state index in [2.05, 4.69) is 48.6 Å². The first kappa shape index (κ1) is 14.6. The van der Waals surface area contributed by atoms with Gasteiger partial charge in [0.15, 0.2) is 0 Å². The molecular weight excluding hydrogens is 246 g/mol. The molecule has 2 aromatic rings. The average molecular weight is 269 g/mol. The van der Waals surface area contributed by atoms with Crippen LogP contribution in [0.25, 0.3) is 0 Å². The molecule has 0 fully saturated rings. The van der Waals surface area contributed by atoms with Crippen LogP contribution in [0.3, 0.4) is 0 Å². The Labute approximate surface area is 121 Å². The molecule has 0 aliphatic carbocycles. The normalized spacial score (nSPS) is 12.4. The summed E-state index contributed by atoms with van der Waals surface area (Å²) in [6.07, 6.45) is 0.206. The number of ether oxygens (including phenoxy) is 1. The van der Waals surface area contributed by atoms with Crippen molar-refractivity contribution >= 4 is 0 Å². The van der Waals surface area contributed by atoms with Gasteiger partial charge in [0.25, 0.3) is 0 Å². The van der Waals surface area contributed by atoms with Gasteiger partial charge in [-0.1, -0.05) is 42.5 Å². The highest BCUT2D eigenvalue weighted by molar-refractivity contribution is 5.30. The SMILES string of the molecule is CC(C)Oc1cccc(C(C)NCc2ccccc2)c1. The summed E-state index contributed by atoms with van der Waals surface area (Å²) in [6, 6.07) is 19.1. The molecule has 0 saturated carbocycles. The summed E-state index contributed by atoms with van der Waals surface area (Å²) in [6.45, 7) is 7.14. The third-order valence-electron chi connectivity index (χ3n) is 3.19. The predicted molar refractivity (Wildman–Crippen MR) is 83.9 cm³/mol. The second-order valence-electron chi connectivity index (χ2n) is 5.33. The molecule has 0 amide bonds. The van der Waals surface area contributed by atoms with Crippen LogP contribution in [-0.2, 0) is 6.54 Å². The highest BCUT2D eigenvalue weighted by Gasteiger charge is 2.06. The Hall–Kier alpha value is -1.80. The average Bonchev–Trinajstić information content (AvgIpc) is 2.45. The van der Waals surface area contributed by atoms with Crippen LogP contribution in [0, 0.1) is 0 Å². The standard InChI is InChI=1S/C18H23NO/c1-14(2)20-18-11-7-10-17(12-18)15(3)19-13-16-8-5-4-6-9-16/h4-12,14-15,19H,13H2,1-3H3. The van der Waals surface area contributed by atoms with E-state index in [1.807, 2.05) is 32.0 Å². The van der Waals surface area contributed by atoms with E-state index in [0.29, 0.717) is 6.04 Å². The molecule has 0 aliphatic rings. The monoisotopic (exact) mass is 269 g/mol. The largest absolute Gasteiger partial charge is 0.491 e. The smallest absolute Gasteiger partial charge is 0.120 e. The molecule has 106 valence electrons. The van der Waals surface area contributed by atoms with E-state index in [1.165, 1.54) is 11.1 Å². The lowest BCUT2D eigenvalue weighted by molar-refractivity contribution is 0.242. The molecule has 2 heteroatoms. The van der Waals surface area contributed by atoms with Gasteiger partial charge in [0.1, 0.15) is 5.75 Å². The third-order valence-corrected chi connectivity index (χ3v) is 3.19. The highest BCUT2D eigenvalue weighted by Crippen LogP contribution is 2.20. The molecule has 0 heterocycles. The quantitative estimate of drug-likeness (QED) is 0.843. The molecule has 1 N–H and O–H groups in total. The predicted octanol–water partition coefficient (Wildman–Crippen LogP) is 4.32. The van der Waals surface area contributed by atoms with Crippen molar-refractivity contribution in [2.24, 2.45) is 0 Å². The van der Waals surface area contributed by atoms with Crippen molar-refractivity contribution in [2.75, 3.05) is 0 Å². The molecule has 0 saturated heterocycles. The number of hydrogen-bond donors (Lipinski definition) is 1. The fourth-order valence-corrected chi connectivity index (χ4v) is 2.11. The summed E-state index contributed by atoms with van der Waals surface area (Å²) < 4.78 is 5.74. The van der Waals surface area contributed by atoms with Crippen LogP contribution in [0.5, 0.6) is 5.75 Å². The van der Waals surface area contributed by atoms with E-state index in [-0.39, 0.29) is 6.10 Å². The number of benzene rings is 2. The lowest BCUT2D eigenvalue weighted by atomic mass is 10.1. The van der Waals surface area contributed by atoms with Gasteiger partial charge in [-0.05, 0) is 44.0 Å². The summed E-state index contributed by atoms with van der Waals surface area (Å²) in [7, 11) is 0. The lowest BCUT2D eigenvalue weighted by Crippen LogP contribution is -2.18. The van der Waals surface area contributed by atoms with E-state index in [9.17, 15) is 0 Å². The molecule has 2 nitrogen and oxygen atoms in total. The van der Waals surface area contributed by atoms with Gasteiger partial charge in [-0.15, -0.1) is 0 Å². The van der Waals surface area contributed by atoms with Gasteiger partial charge in [0.2, 0.25) is 0 Å². The topological polar surface area (TPSA) is 21.3 Å². The molecule has 2 aromatic carbocycles. The molecular formula is C18H23NO. The fourth-order valence-electron chi connectivity index (χ4n) is 2.11. The first-order valence-electron chi connectivity index (χ1n) is 7.19. The molecule has 20 heavy (non-hydrogen) atoms. The Morgan fingerprint density at radius 1 is 0.950 bits per heavy atom. The van der Waals surface area contributed by atoms with E-state index in [1.54, 1.807) is 0 Å². The minimum Gasteiger partial charge on any atom is -0.491 e. The Morgan fingerprint density at radius 3 is 2.40 bits per heavy atom. The van der Waals surface area contributed by atoms with E-state index in [0.717, 1.165) is 12.3 Å². The summed E-state index contributed by atoms with van der Waals surface area (Å²) >= 11 is 0. The van der Waals surface area contributed by atoms with Crippen LogP contribution in [0.4, 0.5) is 0 Å². The molecule has 0 aliphatic heterocycles. The Kier molecular flexibility index (Phi) is 5.19. The second-order valence-corrected chi connectivity index (χ2v) is 5.33. The summed E-state index contributed by atoms with van der Waals surface area (Å²) in [5.74, 6) is 0.936. The van der Waals surface area contributed by atoms with Crippen LogP contribution < -0.4 is 10.1 Å². The molecule has 0 radical (unpaired) electrons. The minimum atomic E-state index is 0.206. The zero-order valence-electron chi connectivity index (χ0n) is 12.5. The van der Waals surface area contributed by atoms with Gasteiger partial charge in [-0.2, -0.15) is 0 Å². The fraction of sp³-hybridized carbons (Fsp3) is 0.333. The molecule has 2 rings (SSSR count). The van der Waals surface area contributed by atoms with Gasteiger partial charge in [0.05, 0.1) is 6.10 Å². The van der Waals surface area contributed by atoms with Crippen molar-refractivity contribution in [1.29, 1.82) is 0 Å². The summed E-state index contributed by atoms with van der Waals surface area (Å²) in [5, 5.41) is 3.54. The van der Waals surface area contributed by atoms with Crippen molar-refractivity contribution in [3.8, 4) is 5.75 Å². The number of hydrogen-bond acceptors (Lipinski definition) is 2. The van der Waals surface area contributed by atoms with Crippen LogP contribution in [0.2, 0.25) is 0 Å². The zero-order chi connectivity index (χ0) is 14.4. The molecule has 0 aromatic heterocycles. The third kappa shape index (κ3) is 4.39. The Morgan fingerprint density at radius 2 is 1.70 bits per heavy atom. The van der Waals surface area contributed by atoms with Gasteiger partial charge in [-0.25, -0.2) is 0 Å². The minimum absolute atomic E-state index is 0.206. The van der Waals surface area contributed by atoms with E-state index < -0.39 is 0 Å². The first-order valence-corrected chi connectivity index (χ1v) is 7.19. The van der Waals surface area contributed by atoms with Crippen molar-refractivity contribution in [3.63, 3.8) is 0 Å². The summed E-state index contributed by atoms with van der Waals surface area (Å²) in [5.41, 5.74) is 2.55. The van der Waals surface area contributed by atoms with Crippen molar-refractivity contribution in [1.82, 2.24) is 5.32 Å². The van der Waals surface area contributed by atoms with Gasteiger partial charge < -0.3 is 10.1 Å². The zero-order valence-corrected chi connectivity index (χ0v) is 12.5. The maximum atomic E-state index is 5.74. The number of nitrogens with one attached hydrogen (secondary N) is 1. The first-order chi connectivity index (χ1) is 9.65. The maximum Gasteiger partial charge on any atom is 0.120 e. The molecule has 1 atom stereocenters. The molecule has 0 bridgehead atoms. The van der Waals surface area contributed by atoms with E-state index >= 15 is 0 Å². The maximum absolute atomic E-state index is 5.74. The highest BCUT2D eigenvalue weighted by atomic mass is 16.5. The summed E-state index contributed by atoms with van der Waals surface area (Å²) in [4.78, 5) is 0. The van der Waals surface area contributed by atoms with Gasteiger partial charge in [-0.3, -0.25) is 0 Å². The van der Waals surface area contributed by atoms with Crippen molar-refractivity contribution in [3.05, 3.63) is 65.7 Å². The van der Waals surface area contributed by atoms with E-state index in [4.69, 9.17) is 4.74 Å². The van der Waals surface area contributed by atoms with Gasteiger partial charge >= 0.3 is 0 Å². The Balaban J connectivity index is 1.96.